The van der Waals surface area contributed by atoms with E-state index in [1.807, 2.05) is 6.92 Å². The van der Waals surface area contributed by atoms with Gasteiger partial charge in [-0.05, 0) is 25.5 Å². The van der Waals surface area contributed by atoms with E-state index >= 15 is 0 Å². The summed E-state index contributed by atoms with van der Waals surface area (Å²) in [5.41, 5.74) is 0. The fourth-order valence-corrected chi connectivity index (χ4v) is 2.54. The molecule has 2 N–H and O–H groups in total. The maximum Gasteiger partial charge on any atom is 0.233 e. The Morgan fingerprint density at radius 1 is 1.69 bits per heavy atom. The standard InChI is InChI=1S/C9H17NO2S/c1-7(6-11)10-9(12)8-4-2-3-5-13-8/h7-8,11H,2-6H2,1H3,(H,10,12)/t7-,8?/m1/s1. The van der Waals surface area contributed by atoms with E-state index in [2.05, 4.69) is 5.32 Å². The molecule has 76 valence electrons. The Morgan fingerprint density at radius 3 is 3.00 bits per heavy atom. The predicted molar refractivity (Wildman–Crippen MR) is 54.8 cm³/mol. The van der Waals surface area contributed by atoms with Gasteiger partial charge in [-0.15, -0.1) is 11.8 Å². The van der Waals surface area contributed by atoms with Gasteiger partial charge < -0.3 is 10.4 Å². The molecule has 0 bridgehead atoms. The van der Waals surface area contributed by atoms with Gasteiger partial charge in [0.15, 0.2) is 0 Å². The van der Waals surface area contributed by atoms with Crippen molar-refractivity contribution in [3.63, 3.8) is 0 Å². The predicted octanol–water partition coefficient (Wildman–Crippen LogP) is 0.769. The Bertz CT molecular complexity index is 169. The van der Waals surface area contributed by atoms with E-state index in [0.29, 0.717) is 0 Å². The maximum atomic E-state index is 11.5. The van der Waals surface area contributed by atoms with Crippen molar-refractivity contribution >= 4 is 17.7 Å². The summed E-state index contributed by atoms with van der Waals surface area (Å²) in [5.74, 6) is 1.18. The summed E-state index contributed by atoms with van der Waals surface area (Å²) in [6.45, 7) is 1.83. The highest BCUT2D eigenvalue weighted by Crippen LogP contribution is 2.24. The van der Waals surface area contributed by atoms with E-state index in [-0.39, 0.29) is 23.8 Å². The lowest BCUT2D eigenvalue weighted by molar-refractivity contribution is -0.121. The van der Waals surface area contributed by atoms with Crippen LogP contribution in [0.25, 0.3) is 0 Å². The molecule has 0 saturated carbocycles. The fourth-order valence-electron chi connectivity index (χ4n) is 1.33. The highest BCUT2D eigenvalue weighted by molar-refractivity contribution is 8.00. The van der Waals surface area contributed by atoms with Crippen LogP contribution in [0.2, 0.25) is 0 Å². The van der Waals surface area contributed by atoms with Crippen LogP contribution in [0.5, 0.6) is 0 Å². The first-order chi connectivity index (χ1) is 6.24. The van der Waals surface area contributed by atoms with Crippen LogP contribution in [-0.2, 0) is 4.79 Å². The summed E-state index contributed by atoms with van der Waals surface area (Å²) in [5, 5.41) is 11.7. The van der Waals surface area contributed by atoms with Crippen molar-refractivity contribution in [1.82, 2.24) is 5.32 Å². The van der Waals surface area contributed by atoms with Crippen molar-refractivity contribution in [1.29, 1.82) is 0 Å². The molecule has 0 aromatic carbocycles. The molecule has 0 aromatic rings. The van der Waals surface area contributed by atoms with E-state index in [1.165, 1.54) is 6.42 Å². The number of hydrogen-bond donors (Lipinski definition) is 2. The number of amides is 1. The number of carbonyl (C=O) groups is 1. The van der Waals surface area contributed by atoms with Crippen molar-refractivity contribution in [2.75, 3.05) is 12.4 Å². The lowest BCUT2D eigenvalue weighted by Crippen LogP contribution is -2.41. The summed E-state index contributed by atoms with van der Waals surface area (Å²) in [7, 11) is 0. The van der Waals surface area contributed by atoms with E-state index < -0.39 is 0 Å². The number of thioether (sulfide) groups is 1. The smallest absolute Gasteiger partial charge is 0.233 e. The summed E-state index contributed by atoms with van der Waals surface area (Å²) in [6.07, 6.45) is 3.36. The van der Waals surface area contributed by atoms with Gasteiger partial charge in [-0.2, -0.15) is 0 Å². The molecule has 1 aliphatic rings. The van der Waals surface area contributed by atoms with E-state index in [4.69, 9.17) is 5.11 Å². The van der Waals surface area contributed by atoms with Gasteiger partial charge in [-0.25, -0.2) is 0 Å². The normalized spacial score (nSPS) is 25.2. The molecule has 1 rings (SSSR count). The zero-order valence-electron chi connectivity index (χ0n) is 7.95. The first-order valence-electron chi connectivity index (χ1n) is 4.77. The summed E-state index contributed by atoms with van der Waals surface area (Å²) >= 11 is 1.73. The Kier molecular flexibility index (Phi) is 4.59. The topological polar surface area (TPSA) is 49.3 Å². The summed E-state index contributed by atoms with van der Waals surface area (Å²) < 4.78 is 0. The third kappa shape index (κ3) is 3.56. The quantitative estimate of drug-likeness (QED) is 0.712. The zero-order valence-corrected chi connectivity index (χ0v) is 8.77. The number of rotatable bonds is 3. The molecular weight excluding hydrogens is 186 g/mol. The molecule has 1 heterocycles. The molecule has 1 fully saturated rings. The second kappa shape index (κ2) is 5.50. The van der Waals surface area contributed by atoms with Crippen LogP contribution < -0.4 is 5.32 Å². The summed E-state index contributed by atoms with van der Waals surface area (Å²) in [6, 6.07) is -0.116. The van der Waals surface area contributed by atoms with Crippen LogP contribution in [0.3, 0.4) is 0 Å². The third-order valence-corrected chi connectivity index (χ3v) is 3.51. The van der Waals surface area contributed by atoms with Gasteiger partial charge in [-0.3, -0.25) is 4.79 Å². The molecule has 0 spiro atoms. The molecule has 1 saturated heterocycles. The second-order valence-corrected chi connectivity index (χ2v) is 4.76. The second-order valence-electron chi connectivity index (χ2n) is 3.45. The minimum absolute atomic E-state index is 0.0170. The van der Waals surface area contributed by atoms with Crippen LogP contribution >= 0.6 is 11.8 Å². The fraction of sp³-hybridized carbons (Fsp3) is 0.889. The molecule has 1 amide bonds. The summed E-state index contributed by atoms with van der Waals surface area (Å²) in [4.78, 5) is 11.5. The van der Waals surface area contributed by atoms with Crippen molar-refractivity contribution in [3.8, 4) is 0 Å². The van der Waals surface area contributed by atoms with E-state index in [0.717, 1.165) is 18.6 Å². The average molecular weight is 203 g/mol. The number of aliphatic hydroxyl groups is 1. The molecule has 0 radical (unpaired) electrons. The van der Waals surface area contributed by atoms with Gasteiger partial charge in [0.2, 0.25) is 5.91 Å². The molecule has 1 unspecified atom stereocenters. The van der Waals surface area contributed by atoms with Crippen molar-refractivity contribution in [3.05, 3.63) is 0 Å². The van der Waals surface area contributed by atoms with Gasteiger partial charge in [0.25, 0.3) is 0 Å². The van der Waals surface area contributed by atoms with Crippen LogP contribution in [0.4, 0.5) is 0 Å². The Balaban J connectivity index is 2.29. The molecule has 3 nitrogen and oxygen atoms in total. The third-order valence-electron chi connectivity index (χ3n) is 2.13. The van der Waals surface area contributed by atoms with Crippen LogP contribution in [0.1, 0.15) is 26.2 Å². The lowest BCUT2D eigenvalue weighted by Gasteiger charge is -2.22. The van der Waals surface area contributed by atoms with Gasteiger partial charge in [0.05, 0.1) is 11.9 Å². The number of hydrogen-bond acceptors (Lipinski definition) is 3. The molecule has 0 aromatic heterocycles. The highest BCUT2D eigenvalue weighted by atomic mass is 32.2. The zero-order chi connectivity index (χ0) is 9.68. The van der Waals surface area contributed by atoms with Gasteiger partial charge >= 0.3 is 0 Å². The maximum absolute atomic E-state index is 11.5. The number of carbonyl (C=O) groups excluding carboxylic acids is 1. The SMILES string of the molecule is C[C@H](CO)NC(=O)C1CCCCS1. The molecule has 1 aliphatic heterocycles. The van der Waals surface area contributed by atoms with Crippen LogP contribution in [0.15, 0.2) is 0 Å². The minimum Gasteiger partial charge on any atom is -0.394 e. The molecule has 13 heavy (non-hydrogen) atoms. The Hall–Kier alpha value is -0.220. The molecule has 0 aliphatic carbocycles. The highest BCUT2D eigenvalue weighted by Gasteiger charge is 2.22. The van der Waals surface area contributed by atoms with Gasteiger partial charge in [0.1, 0.15) is 0 Å². The minimum atomic E-state index is -0.116. The molecular formula is C9H17NO2S. The van der Waals surface area contributed by atoms with Crippen molar-refractivity contribution in [2.45, 2.75) is 37.5 Å². The van der Waals surface area contributed by atoms with Gasteiger partial charge in [0, 0.05) is 6.04 Å². The largest absolute Gasteiger partial charge is 0.394 e. The van der Waals surface area contributed by atoms with E-state index in [9.17, 15) is 4.79 Å². The molecule has 4 heteroatoms. The first kappa shape index (κ1) is 10.9. The van der Waals surface area contributed by atoms with Crippen molar-refractivity contribution < 1.29 is 9.90 Å². The van der Waals surface area contributed by atoms with Crippen LogP contribution in [0, 0.1) is 0 Å². The Morgan fingerprint density at radius 2 is 2.46 bits per heavy atom. The first-order valence-corrected chi connectivity index (χ1v) is 5.81. The average Bonchev–Trinajstić information content (AvgIpc) is 2.19. The van der Waals surface area contributed by atoms with Gasteiger partial charge in [-0.1, -0.05) is 6.42 Å². The van der Waals surface area contributed by atoms with Crippen LogP contribution in [-0.4, -0.2) is 34.7 Å². The number of aliphatic hydroxyl groups excluding tert-OH is 1. The van der Waals surface area contributed by atoms with Crippen molar-refractivity contribution in [2.24, 2.45) is 0 Å². The monoisotopic (exact) mass is 203 g/mol. The molecule has 2 atom stereocenters. The lowest BCUT2D eigenvalue weighted by atomic mass is 10.2. The Labute approximate surface area is 83.3 Å². The van der Waals surface area contributed by atoms with E-state index in [1.54, 1.807) is 11.8 Å². The number of nitrogens with one attached hydrogen (secondary N) is 1.